The highest BCUT2D eigenvalue weighted by atomic mass is 35.5. The number of nitrogens with two attached hydrogens (primary N) is 1. The third kappa shape index (κ3) is 5.05. The standard InChI is InChI=1S/C19H25N3O.ClH/c1-14-7-4-8-15(2)18(14)22(19(23)16(3)20)12-6-10-17-9-5-11-21-13-17;/h4-5,7-9,11,13,16H,6,10,12,20H2,1-3H3;1H/t16-;/m1./s1. The highest BCUT2D eigenvalue weighted by molar-refractivity contribution is 5.98. The lowest BCUT2D eigenvalue weighted by Gasteiger charge is -2.28. The third-order valence-corrected chi connectivity index (χ3v) is 3.93. The number of para-hydroxylation sites is 1. The fraction of sp³-hybridized carbons (Fsp3) is 0.368. The molecule has 130 valence electrons. The molecule has 24 heavy (non-hydrogen) atoms. The molecule has 2 aromatic rings. The van der Waals surface area contributed by atoms with E-state index in [0.717, 1.165) is 29.7 Å². The van der Waals surface area contributed by atoms with E-state index in [4.69, 9.17) is 5.73 Å². The number of carbonyl (C=O) groups is 1. The second-order valence-corrected chi connectivity index (χ2v) is 5.98. The normalized spacial score (nSPS) is 11.5. The van der Waals surface area contributed by atoms with Crippen LogP contribution < -0.4 is 10.6 Å². The number of nitrogens with zero attached hydrogens (tertiary/aromatic N) is 2. The van der Waals surface area contributed by atoms with Crippen LogP contribution in [0.1, 0.15) is 30.0 Å². The van der Waals surface area contributed by atoms with Crippen LogP contribution in [-0.4, -0.2) is 23.5 Å². The molecule has 1 aromatic carbocycles. The maximum Gasteiger partial charge on any atom is 0.243 e. The Morgan fingerprint density at radius 2 is 1.88 bits per heavy atom. The summed E-state index contributed by atoms with van der Waals surface area (Å²) < 4.78 is 0. The second-order valence-electron chi connectivity index (χ2n) is 5.98. The molecule has 5 heteroatoms. The summed E-state index contributed by atoms with van der Waals surface area (Å²) in [6.07, 6.45) is 5.41. The zero-order valence-electron chi connectivity index (χ0n) is 14.5. The molecule has 0 fully saturated rings. The minimum Gasteiger partial charge on any atom is -0.320 e. The molecular formula is C19H26ClN3O. The molecule has 1 aromatic heterocycles. The molecule has 2 N–H and O–H groups in total. The number of aryl methyl sites for hydroxylation is 3. The van der Waals surface area contributed by atoms with E-state index >= 15 is 0 Å². The molecule has 0 aliphatic heterocycles. The monoisotopic (exact) mass is 347 g/mol. The van der Waals surface area contributed by atoms with Crippen molar-refractivity contribution in [3.8, 4) is 0 Å². The highest BCUT2D eigenvalue weighted by Crippen LogP contribution is 2.25. The Morgan fingerprint density at radius 1 is 1.21 bits per heavy atom. The molecule has 1 atom stereocenters. The molecule has 4 nitrogen and oxygen atoms in total. The molecule has 0 aliphatic rings. The smallest absolute Gasteiger partial charge is 0.243 e. The van der Waals surface area contributed by atoms with Crippen molar-refractivity contribution in [1.82, 2.24) is 4.98 Å². The number of benzene rings is 1. The number of hydrogen-bond acceptors (Lipinski definition) is 3. The van der Waals surface area contributed by atoms with Gasteiger partial charge in [0.15, 0.2) is 0 Å². The lowest BCUT2D eigenvalue weighted by molar-refractivity contribution is -0.119. The Bertz CT molecular complexity index is 639. The lowest BCUT2D eigenvalue weighted by atomic mass is 10.1. The Balaban J connectivity index is 0.00000288. The number of rotatable bonds is 6. The topological polar surface area (TPSA) is 59.2 Å². The van der Waals surface area contributed by atoms with Crippen LogP contribution in [0.2, 0.25) is 0 Å². The zero-order valence-corrected chi connectivity index (χ0v) is 15.3. The Labute approximate surface area is 150 Å². The molecule has 1 amide bonds. The minimum atomic E-state index is -0.507. The van der Waals surface area contributed by atoms with Crippen molar-refractivity contribution in [3.05, 3.63) is 59.4 Å². The summed E-state index contributed by atoms with van der Waals surface area (Å²) in [6, 6.07) is 9.57. The summed E-state index contributed by atoms with van der Waals surface area (Å²) in [7, 11) is 0. The van der Waals surface area contributed by atoms with Crippen molar-refractivity contribution in [3.63, 3.8) is 0 Å². The number of amides is 1. The van der Waals surface area contributed by atoms with Gasteiger partial charge in [0.2, 0.25) is 5.91 Å². The maximum absolute atomic E-state index is 12.6. The van der Waals surface area contributed by atoms with Crippen LogP contribution in [0.25, 0.3) is 0 Å². The SMILES string of the molecule is Cc1cccc(C)c1N(CCCc1cccnc1)C(=O)[C@@H](C)N.Cl. The van der Waals surface area contributed by atoms with Gasteiger partial charge in [0.25, 0.3) is 0 Å². The third-order valence-electron chi connectivity index (χ3n) is 3.93. The molecule has 0 saturated carbocycles. The van der Waals surface area contributed by atoms with Crippen molar-refractivity contribution in [2.24, 2.45) is 5.73 Å². The van der Waals surface area contributed by atoms with Gasteiger partial charge in [-0.25, -0.2) is 0 Å². The first-order valence-corrected chi connectivity index (χ1v) is 8.02. The van der Waals surface area contributed by atoms with E-state index in [1.165, 1.54) is 5.56 Å². The lowest BCUT2D eigenvalue weighted by Crippen LogP contribution is -2.43. The van der Waals surface area contributed by atoms with Crippen molar-refractivity contribution in [2.45, 2.75) is 39.7 Å². The van der Waals surface area contributed by atoms with Crippen molar-refractivity contribution < 1.29 is 4.79 Å². The van der Waals surface area contributed by atoms with Crippen molar-refractivity contribution in [1.29, 1.82) is 0 Å². The van der Waals surface area contributed by atoms with Gasteiger partial charge in [-0.05, 0) is 56.4 Å². The van der Waals surface area contributed by atoms with Crippen LogP contribution in [-0.2, 0) is 11.2 Å². The predicted octanol–water partition coefficient (Wildman–Crippen LogP) is 3.43. The molecule has 0 saturated heterocycles. The summed E-state index contributed by atoms with van der Waals surface area (Å²) >= 11 is 0. The van der Waals surface area contributed by atoms with Crippen LogP contribution in [0, 0.1) is 13.8 Å². The van der Waals surface area contributed by atoms with Gasteiger partial charge in [0.1, 0.15) is 0 Å². The van der Waals surface area contributed by atoms with E-state index in [1.54, 1.807) is 13.1 Å². The first-order chi connectivity index (χ1) is 11.0. The number of aromatic nitrogens is 1. The van der Waals surface area contributed by atoms with Gasteiger partial charge in [-0.1, -0.05) is 24.3 Å². The van der Waals surface area contributed by atoms with E-state index in [1.807, 2.05) is 49.2 Å². The van der Waals surface area contributed by atoms with Crippen LogP contribution >= 0.6 is 12.4 Å². The maximum atomic E-state index is 12.6. The van der Waals surface area contributed by atoms with E-state index in [-0.39, 0.29) is 18.3 Å². The van der Waals surface area contributed by atoms with Gasteiger partial charge in [0, 0.05) is 24.6 Å². The molecule has 0 spiro atoms. The van der Waals surface area contributed by atoms with E-state index in [2.05, 4.69) is 11.1 Å². The Hall–Kier alpha value is -1.91. The molecule has 0 unspecified atom stereocenters. The number of carbonyl (C=O) groups excluding carboxylic acids is 1. The molecule has 1 heterocycles. The number of halogens is 1. The fourth-order valence-corrected chi connectivity index (χ4v) is 2.80. The molecule has 0 bridgehead atoms. The molecule has 0 radical (unpaired) electrons. The largest absolute Gasteiger partial charge is 0.320 e. The summed E-state index contributed by atoms with van der Waals surface area (Å²) in [5.74, 6) is -0.0337. The van der Waals surface area contributed by atoms with E-state index in [9.17, 15) is 4.79 Å². The van der Waals surface area contributed by atoms with Crippen LogP contribution in [0.3, 0.4) is 0 Å². The second kappa shape index (κ2) is 9.40. The zero-order chi connectivity index (χ0) is 16.8. The first-order valence-electron chi connectivity index (χ1n) is 8.02. The van der Waals surface area contributed by atoms with Gasteiger partial charge in [-0.15, -0.1) is 12.4 Å². The summed E-state index contributed by atoms with van der Waals surface area (Å²) in [4.78, 5) is 18.5. The fourth-order valence-electron chi connectivity index (χ4n) is 2.80. The van der Waals surface area contributed by atoms with Crippen LogP contribution in [0.15, 0.2) is 42.7 Å². The quantitative estimate of drug-likeness (QED) is 0.870. The number of hydrogen-bond donors (Lipinski definition) is 1. The van der Waals surface area contributed by atoms with Gasteiger partial charge in [-0.3, -0.25) is 9.78 Å². The first kappa shape index (κ1) is 20.1. The van der Waals surface area contributed by atoms with Gasteiger partial charge >= 0.3 is 0 Å². The van der Waals surface area contributed by atoms with Crippen LogP contribution in [0.5, 0.6) is 0 Å². The summed E-state index contributed by atoms with van der Waals surface area (Å²) in [6.45, 7) is 6.46. The summed E-state index contributed by atoms with van der Waals surface area (Å²) in [5.41, 5.74) is 10.2. The molecule has 2 rings (SSSR count). The number of pyridine rings is 1. The van der Waals surface area contributed by atoms with Crippen LogP contribution in [0.4, 0.5) is 5.69 Å². The molecule has 0 aliphatic carbocycles. The molecular weight excluding hydrogens is 322 g/mol. The van der Waals surface area contributed by atoms with E-state index in [0.29, 0.717) is 6.54 Å². The Morgan fingerprint density at radius 3 is 2.42 bits per heavy atom. The average Bonchev–Trinajstić information content (AvgIpc) is 2.53. The van der Waals surface area contributed by atoms with E-state index < -0.39 is 6.04 Å². The summed E-state index contributed by atoms with van der Waals surface area (Å²) in [5, 5.41) is 0. The average molecular weight is 348 g/mol. The number of anilines is 1. The van der Waals surface area contributed by atoms with Gasteiger partial charge in [0.05, 0.1) is 6.04 Å². The predicted molar refractivity (Wildman–Crippen MR) is 102 cm³/mol. The van der Waals surface area contributed by atoms with Crippen molar-refractivity contribution in [2.75, 3.05) is 11.4 Å². The highest BCUT2D eigenvalue weighted by Gasteiger charge is 2.21. The van der Waals surface area contributed by atoms with Gasteiger partial charge in [-0.2, -0.15) is 0 Å². The Kier molecular flexibility index (Phi) is 7.89. The van der Waals surface area contributed by atoms with Gasteiger partial charge < -0.3 is 10.6 Å². The van der Waals surface area contributed by atoms with Crippen molar-refractivity contribution >= 4 is 24.0 Å². The minimum absolute atomic E-state index is 0.